The monoisotopic (exact) mass is 795 g/mol. The molecule has 0 aliphatic rings. The summed E-state index contributed by atoms with van der Waals surface area (Å²) in [6, 6.07) is 0. The van der Waals surface area contributed by atoms with Crippen LogP contribution in [0.2, 0.25) is 0 Å². The topological polar surface area (TPSA) is 78.9 Å². The third-order valence-corrected chi connectivity index (χ3v) is 9.76. The van der Waals surface area contributed by atoms with E-state index in [2.05, 4.69) is 75.5 Å². The van der Waals surface area contributed by atoms with E-state index in [1.54, 1.807) is 0 Å². The first kappa shape index (κ1) is 53.9. The van der Waals surface area contributed by atoms with E-state index in [0.717, 1.165) is 103 Å². The lowest BCUT2D eigenvalue weighted by Crippen LogP contribution is -2.30. The maximum absolute atomic E-state index is 12.7. The molecule has 0 aromatic rings. The Morgan fingerprint density at radius 2 is 0.702 bits per heavy atom. The van der Waals surface area contributed by atoms with Gasteiger partial charge in [0.25, 0.3) is 0 Å². The van der Waals surface area contributed by atoms with Crippen LogP contribution in [0.4, 0.5) is 0 Å². The first-order valence-corrected chi connectivity index (χ1v) is 23.5. The quantitative estimate of drug-likeness (QED) is 0.0202. The molecule has 0 aliphatic carbocycles. The molecule has 0 aliphatic heterocycles. The Morgan fingerprint density at radius 3 is 1.12 bits per heavy atom. The van der Waals surface area contributed by atoms with E-state index in [0.29, 0.717) is 19.3 Å². The second-order valence-corrected chi connectivity index (χ2v) is 15.4. The van der Waals surface area contributed by atoms with E-state index in [9.17, 15) is 14.4 Å². The van der Waals surface area contributed by atoms with Gasteiger partial charge in [-0.2, -0.15) is 0 Å². The zero-order valence-electron chi connectivity index (χ0n) is 37.1. The first-order valence-electron chi connectivity index (χ1n) is 23.5. The average Bonchev–Trinajstić information content (AvgIpc) is 3.21. The number of carbonyl (C=O) groups excluding carboxylic acids is 3. The van der Waals surface area contributed by atoms with Crippen LogP contribution in [0.15, 0.2) is 72.9 Å². The van der Waals surface area contributed by atoms with Gasteiger partial charge in [0.15, 0.2) is 6.10 Å². The van der Waals surface area contributed by atoms with Gasteiger partial charge in [0.1, 0.15) is 13.2 Å². The van der Waals surface area contributed by atoms with Crippen molar-refractivity contribution in [2.24, 2.45) is 0 Å². The molecule has 0 heterocycles. The molecule has 0 rings (SSSR count). The molecule has 6 heteroatoms. The minimum absolute atomic E-state index is 0.0916. The fourth-order valence-electron chi connectivity index (χ4n) is 6.20. The minimum Gasteiger partial charge on any atom is -0.462 e. The van der Waals surface area contributed by atoms with Gasteiger partial charge in [-0.1, -0.05) is 177 Å². The van der Waals surface area contributed by atoms with Crippen molar-refractivity contribution in [2.45, 2.75) is 219 Å². The normalized spacial score (nSPS) is 12.7. The van der Waals surface area contributed by atoms with Gasteiger partial charge in [-0.15, -0.1) is 0 Å². The van der Waals surface area contributed by atoms with E-state index >= 15 is 0 Å². The third-order valence-electron chi connectivity index (χ3n) is 9.76. The van der Waals surface area contributed by atoms with Crippen molar-refractivity contribution in [3.63, 3.8) is 0 Å². The van der Waals surface area contributed by atoms with Gasteiger partial charge in [0.2, 0.25) is 0 Å². The number of unbranched alkanes of at least 4 members (excludes halogenated alkanes) is 21. The Bertz CT molecular complexity index is 1100. The molecule has 1 atom stereocenters. The van der Waals surface area contributed by atoms with Crippen molar-refractivity contribution in [3.05, 3.63) is 72.9 Å². The van der Waals surface area contributed by atoms with Crippen LogP contribution in [-0.2, 0) is 28.6 Å². The standard InChI is InChI=1S/C51H86O6/c1-4-7-10-13-16-19-22-25-26-27-30-32-35-38-41-44-50(53)56-47-48(57-51(54)45-42-39-36-33-29-24-21-18-15-12-9-6-3)46-55-49(52)43-40-37-34-31-28-23-20-17-14-11-8-5-2/h7,10,13,16-22,25-26,48H,4-6,8-9,11-12,14-15,23-24,27-47H2,1-3H3/b10-7-,16-13-,20-17-,21-18-,22-19-,26-25-. The van der Waals surface area contributed by atoms with Crippen LogP contribution in [0.5, 0.6) is 0 Å². The van der Waals surface area contributed by atoms with Crippen molar-refractivity contribution >= 4 is 17.9 Å². The van der Waals surface area contributed by atoms with E-state index in [-0.39, 0.29) is 31.1 Å². The molecule has 57 heavy (non-hydrogen) atoms. The minimum atomic E-state index is -0.790. The van der Waals surface area contributed by atoms with Gasteiger partial charge in [0.05, 0.1) is 0 Å². The lowest BCUT2D eigenvalue weighted by molar-refractivity contribution is -0.167. The summed E-state index contributed by atoms with van der Waals surface area (Å²) in [6.07, 6.45) is 55.9. The second kappa shape index (κ2) is 45.6. The Kier molecular flexibility index (Phi) is 43.0. The molecular weight excluding hydrogens is 709 g/mol. The predicted molar refractivity (Wildman–Crippen MR) is 242 cm³/mol. The molecular formula is C51H86O6. The maximum Gasteiger partial charge on any atom is 0.306 e. The highest BCUT2D eigenvalue weighted by atomic mass is 16.6. The fraction of sp³-hybridized carbons (Fsp3) is 0.706. The molecule has 6 nitrogen and oxygen atoms in total. The van der Waals surface area contributed by atoms with Crippen molar-refractivity contribution in [2.75, 3.05) is 13.2 Å². The summed E-state index contributed by atoms with van der Waals surface area (Å²) in [6.45, 7) is 6.40. The molecule has 0 saturated carbocycles. The predicted octanol–water partition coefficient (Wildman–Crippen LogP) is 15.1. The maximum atomic E-state index is 12.7. The lowest BCUT2D eigenvalue weighted by Gasteiger charge is -2.18. The number of hydrogen-bond acceptors (Lipinski definition) is 6. The van der Waals surface area contributed by atoms with E-state index in [4.69, 9.17) is 14.2 Å². The van der Waals surface area contributed by atoms with E-state index in [1.807, 2.05) is 18.2 Å². The largest absolute Gasteiger partial charge is 0.462 e. The van der Waals surface area contributed by atoms with Crippen molar-refractivity contribution < 1.29 is 28.6 Å². The number of carbonyl (C=O) groups is 3. The summed E-state index contributed by atoms with van der Waals surface area (Å²) in [7, 11) is 0. The number of esters is 3. The molecule has 0 aromatic heterocycles. The second-order valence-electron chi connectivity index (χ2n) is 15.4. The lowest BCUT2D eigenvalue weighted by atomic mass is 10.1. The Balaban J connectivity index is 4.45. The van der Waals surface area contributed by atoms with Gasteiger partial charge in [-0.05, 0) is 89.9 Å². The summed E-state index contributed by atoms with van der Waals surface area (Å²) >= 11 is 0. The highest BCUT2D eigenvalue weighted by molar-refractivity contribution is 5.71. The van der Waals surface area contributed by atoms with Crippen LogP contribution in [0, 0.1) is 0 Å². The van der Waals surface area contributed by atoms with Crippen LogP contribution >= 0.6 is 0 Å². The van der Waals surface area contributed by atoms with Gasteiger partial charge < -0.3 is 14.2 Å². The first-order chi connectivity index (χ1) is 28.0. The summed E-state index contributed by atoms with van der Waals surface area (Å²) in [5, 5.41) is 0. The molecule has 1 unspecified atom stereocenters. The fourth-order valence-corrected chi connectivity index (χ4v) is 6.20. The Labute approximate surface area is 351 Å². The average molecular weight is 795 g/mol. The van der Waals surface area contributed by atoms with Gasteiger partial charge >= 0.3 is 17.9 Å². The van der Waals surface area contributed by atoms with Gasteiger partial charge in [-0.3, -0.25) is 14.4 Å². The zero-order valence-corrected chi connectivity index (χ0v) is 37.1. The summed E-state index contributed by atoms with van der Waals surface area (Å²) in [4.78, 5) is 37.8. The Morgan fingerprint density at radius 1 is 0.368 bits per heavy atom. The molecule has 0 spiro atoms. The summed E-state index contributed by atoms with van der Waals surface area (Å²) in [5.74, 6) is -0.938. The van der Waals surface area contributed by atoms with Crippen LogP contribution in [0.25, 0.3) is 0 Å². The molecule has 326 valence electrons. The van der Waals surface area contributed by atoms with E-state index in [1.165, 1.54) is 70.6 Å². The highest BCUT2D eigenvalue weighted by Crippen LogP contribution is 2.13. The molecule has 0 N–H and O–H groups in total. The van der Waals surface area contributed by atoms with Crippen molar-refractivity contribution in [1.82, 2.24) is 0 Å². The van der Waals surface area contributed by atoms with Crippen molar-refractivity contribution in [3.8, 4) is 0 Å². The van der Waals surface area contributed by atoms with E-state index < -0.39 is 6.10 Å². The number of hydrogen-bond donors (Lipinski definition) is 0. The molecule has 0 fully saturated rings. The van der Waals surface area contributed by atoms with Crippen LogP contribution in [-0.4, -0.2) is 37.2 Å². The van der Waals surface area contributed by atoms with Crippen LogP contribution < -0.4 is 0 Å². The third kappa shape index (κ3) is 43.8. The highest BCUT2D eigenvalue weighted by Gasteiger charge is 2.19. The Hall–Kier alpha value is -3.15. The molecule has 0 saturated heterocycles. The van der Waals surface area contributed by atoms with Crippen LogP contribution in [0.1, 0.15) is 213 Å². The number of ether oxygens (including phenoxy) is 3. The number of rotatable bonds is 41. The van der Waals surface area contributed by atoms with Gasteiger partial charge in [0, 0.05) is 19.3 Å². The zero-order chi connectivity index (χ0) is 41.5. The molecule has 0 bridgehead atoms. The van der Waals surface area contributed by atoms with Crippen LogP contribution in [0.3, 0.4) is 0 Å². The molecule has 0 aromatic carbocycles. The number of allylic oxidation sites excluding steroid dienone is 12. The molecule has 0 radical (unpaired) electrons. The summed E-state index contributed by atoms with van der Waals surface area (Å²) < 4.78 is 16.7. The van der Waals surface area contributed by atoms with Crippen molar-refractivity contribution in [1.29, 1.82) is 0 Å². The summed E-state index contributed by atoms with van der Waals surface area (Å²) in [5.41, 5.74) is 0. The SMILES string of the molecule is CC\C=C/C=C\C=C/C=C\CCCCCCCC(=O)OCC(COC(=O)CCCCCCC/C=C\CCCCC)OC(=O)CCCCCCC/C=C\CCCCC. The smallest absolute Gasteiger partial charge is 0.306 e. The van der Waals surface area contributed by atoms with Gasteiger partial charge in [-0.25, -0.2) is 0 Å². The molecule has 0 amide bonds.